The molecule has 1 amide bonds. The van der Waals surface area contributed by atoms with E-state index in [2.05, 4.69) is 0 Å². The van der Waals surface area contributed by atoms with Crippen LogP contribution >= 0.6 is 0 Å². The van der Waals surface area contributed by atoms with Gasteiger partial charge < -0.3 is 36.0 Å². The quantitative estimate of drug-likeness (QED) is 0.322. The Morgan fingerprint density at radius 2 is 1.77 bits per heavy atom. The van der Waals surface area contributed by atoms with Crippen molar-refractivity contribution < 1.29 is 34.8 Å². The number of Topliss-reactive ketones (excluding diaryl/α,β-unsaturated/α-hetero) is 2. The van der Waals surface area contributed by atoms with Crippen LogP contribution in [0.2, 0.25) is 0 Å². The number of amides is 1. The molecule has 11 nitrogen and oxygen atoms in total. The molecule has 4 rings (SSSR count). The van der Waals surface area contributed by atoms with E-state index in [0.717, 1.165) is 5.69 Å². The first-order chi connectivity index (χ1) is 18.1. The number of hydrogen-bond acceptors (Lipinski definition) is 10. The monoisotopic (exact) mass is 540 g/mol. The zero-order chi connectivity index (χ0) is 29.1. The summed E-state index contributed by atoms with van der Waals surface area (Å²) in [5.74, 6) is -6.63. The van der Waals surface area contributed by atoms with E-state index in [1.807, 2.05) is 44.1 Å². The van der Waals surface area contributed by atoms with Gasteiger partial charge in [0.2, 0.25) is 5.78 Å². The number of fused-ring (bicyclic) bond motifs is 3. The summed E-state index contributed by atoms with van der Waals surface area (Å²) in [5.41, 5.74) is 3.56. The van der Waals surface area contributed by atoms with Gasteiger partial charge in [-0.05, 0) is 58.6 Å². The predicted molar refractivity (Wildman–Crippen MR) is 146 cm³/mol. The molecule has 210 valence electrons. The highest BCUT2D eigenvalue weighted by Crippen LogP contribution is 2.54. The number of benzene rings is 1. The molecule has 0 saturated heterocycles. The van der Waals surface area contributed by atoms with Gasteiger partial charge in [-0.1, -0.05) is 12.2 Å². The molecule has 0 heterocycles. The first kappa shape index (κ1) is 28.3. The fourth-order valence-corrected chi connectivity index (χ4v) is 6.23. The smallest absolute Gasteiger partial charge is 0.255 e. The Morgan fingerprint density at radius 1 is 1.13 bits per heavy atom. The number of nitrogens with two attached hydrogens (primary N) is 1. The second-order valence-electron chi connectivity index (χ2n) is 11.2. The van der Waals surface area contributed by atoms with Gasteiger partial charge in [0.25, 0.3) is 5.91 Å². The van der Waals surface area contributed by atoms with Crippen molar-refractivity contribution in [1.82, 2.24) is 9.80 Å². The molecule has 1 saturated carbocycles. The van der Waals surface area contributed by atoms with Crippen molar-refractivity contribution in [2.24, 2.45) is 17.6 Å². The van der Waals surface area contributed by atoms with Gasteiger partial charge in [0.1, 0.15) is 22.8 Å². The van der Waals surface area contributed by atoms with Crippen molar-refractivity contribution in [1.29, 1.82) is 0 Å². The third kappa shape index (κ3) is 4.21. The van der Waals surface area contributed by atoms with Gasteiger partial charge in [0, 0.05) is 43.4 Å². The topological polar surface area (TPSA) is 168 Å². The molecule has 0 radical (unpaired) electrons. The highest BCUT2D eigenvalue weighted by atomic mass is 16.3. The number of rotatable bonds is 6. The fourth-order valence-electron chi connectivity index (χ4n) is 6.23. The van der Waals surface area contributed by atoms with Crippen LogP contribution in [0.3, 0.4) is 0 Å². The molecule has 1 aromatic carbocycles. The van der Waals surface area contributed by atoms with E-state index < -0.39 is 58.0 Å². The van der Waals surface area contributed by atoms with Crippen LogP contribution in [-0.2, 0) is 20.8 Å². The van der Waals surface area contributed by atoms with Gasteiger partial charge in [0.05, 0.1) is 11.6 Å². The van der Waals surface area contributed by atoms with Crippen molar-refractivity contribution in [3.8, 4) is 5.75 Å². The number of carbonyl (C=O) groups excluding carboxylic acids is 3. The van der Waals surface area contributed by atoms with E-state index >= 15 is 0 Å². The number of nitrogens with zero attached hydrogens (tertiary/aromatic N) is 3. The molecular weight excluding hydrogens is 504 g/mol. The van der Waals surface area contributed by atoms with Crippen molar-refractivity contribution in [2.75, 3.05) is 53.7 Å². The molecule has 0 unspecified atom stereocenters. The summed E-state index contributed by atoms with van der Waals surface area (Å²) in [5, 5.41) is 45.5. The molecular formula is C28H36N4O7. The third-order valence-corrected chi connectivity index (χ3v) is 7.98. The SMILES string of the molecule is CN(C)C/C=C/c1cc(N(C)C)c2c(c1O)C(O)=C1C(=O)[C@]3(O)C(O)=C(C(N)=O)C(=O)[C@H](N(C)C)[C@@H]3C[C@@H]1C2. The van der Waals surface area contributed by atoms with Gasteiger partial charge in [-0.3, -0.25) is 19.3 Å². The van der Waals surface area contributed by atoms with Crippen LogP contribution < -0.4 is 10.6 Å². The number of aliphatic hydroxyl groups is 3. The Kier molecular flexibility index (Phi) is 7.13. The van der Waals surface area contributed by atoms with Gasteiger partial charge in [-0.15, -0.1) is 0 Å². The van der Waals surface area contributed by atoms with Gasteiger partial charge in [-0.25, -0.2) is 0 Å². The molecule has 0 aliphatic heterocycles. The van der Waals surface area contributed by atoms with Gasteiger partial charge >= 0.3 is 0 Å². The second kappa shape index (κ2) is 9.82. The molecule has 3 aliphatic rings. The van der Waals surface area contributed by atoms with E-state index in [4.69, 9.17) is 5.73 Å². The van der Waals surface area contributed by atoms with Crippen LogP contribution in [0.1, 0.15) is 23.1 Å². The Morgan fingerprint density at radius 3 is 2.31 bits per heavy atom. The summed E-state index contributed by atoms with van der Waals surface area (Å²) in [7, 11) is 10.6. The number of ketones is 2. The molecule has 4 atom stereocenters. The number of phenols is 1. The summed E-state index contributed by atoms with van der Waals surface area (Å²) < 4.78 is 0. The normalized spacial score (nSPS) is 26.8. The van der Waals surface area contributed by atoms with Crippen LogP contribution in [0.15, 0.2) is 29.0 Å². The Hall–Kier alpha value is -3.67. The second-order valence-corrected chi connectivity index (χ2v) is 11.2. The highest BCUT2D eigenvalue weighted by Gasteiger charge is 2.64. The van der Waals surface area contributed by atoms with Crippen molar-refractivity contribution in [3.05, 3.63) is 45.7 Å². The molecule has 0 aromatic heterocycles. The first-order valence-corrected chi connectivity index (χ1v) is 12.7. The molecule has 11 heteroatoms. The minimum atomic E-state index is -2.66. The summed E-state index contributed by atoms with van der Waals surface area (Å²) in [6, 6.07) is 0.688. The number of carbonyl (C=O) groups is 3. The number of hydrogen-bond donors (Lipinski definition) is 5. The number of anilines is 1. The lowest BCUT2D eigenvalue weighted by atomic mass is 9.57. The maximum atomic E-state index is 14.0. The average molecular weight is 541 g/mol. The summed E-state index contributed by atoms with van der Waals surface area (Å²) in [6.45, 7) is 0.607. The minimum Gasteiger partial charge on any atom is -0.508 e. The molecule has 6 N–H and O–H groups in total. The van der Waals surface area contributed by atoms with Crippen LogP contribution in [0.5, 0.6) is 5.75 Å². The lowest BCUT2D eigenvalue weighted by molar-refractivity contribution is -0.153. The Labute approximate surface area is 227 Å². The van der Waals surface area contributed by atoms with Crippen molar-refractivity contribution in [2.45, 2.75) is 24.5 Å². The standard InChI is InChI=1S/C28H36N4O7/c1-30(2)9-7-8-13-12-17(31(3)4)15-10-14-11-16-21(32(5)6)24(35)20(27(29)38)26(37)28(16,39)25(36)18(14)23(34)19(15)22(13)33/h7-8,12,14,16,21,33-34,37,39H,9-11H2,1-6H3,(H2,29,38)/b8-7+/t14-,16-,21+,28-/m0/s1. The average Bonchev–Trinajstić information content (AvgIpc) is 2.81. The lowest BCUT2D eigenvalue weighted by Gasteiger charge is -2.50. The Balaban J connectivity index is 1.97. The molecule has 0 bridgehead atoms. The summed E-state index contributed by atoms with van der Waals surface area (Å²) in [4.78, 5) is 44.6. The largest absolute Gasteiger partial charge is 0.508 e. The molecule has 0 spiro atoms. The van der Waals surface area contributed by atoms with Crippen molar-refractivity contribution in [3.63, 3.8) is 0 Å². The van der Waals surface area contributed by atoms with Crippen molar-refractivity contribution >= 4 is 35.0 Å². The molecule has 39 heavy (non-hydrogen) atoms. The summed E-state index contributed by atoms with van der Waals surface area (Å²) in [6.07, 6.45) is 3.85. The number of aromatic hydroxyl groups is 1. The molecule has 1 fully saturated rings. The van der Waals surface area contributed by atoms with E-state index in [0.29, 0.717) is 17.7 Å². The minimum absolute atomic E-state index is 0.0455. The predicted octanol–water partition coefficient (Wildman–Crippen LogP) is 0.605. The van der Waals surface area contributed by atoms with E-state index in [1.165, 1.54) is 4.90 Å². The maximum absolute atomic E-state index is 14.0. The number of likely N-dealkylation sites (N-methyl/N-ethyl adjacent to an activating group) is 2. The summed E-state index contributed by atoms with van der Waals surface area (Å²) >= 11 is 0. The fraction of sp³-hybridized carbons (Fsp3) is 0.464. The number of phenolic OH excluding ortho intramolecular Hbond substituents is 1. The van der Waals surface area contributed by atoms with E-state index in [9.17, 15) is 34.8 Å². The maximum Gasteiger partial charge on any atom is 0.255 e. The lowest BCUT2D eigenvalue weighted by Crippen LogP contribution is -2.65. The van der Waals surface area contributed by atoms with E-state index in [1.54, 1.807) is 26.2 Å². The highest BCUT2D eigenvalue weighted by molar-refractivity contribution is 6.24. The molecule has 1 aromatic rings. The van der Waals surface area contributed by atoms with Gasteiger partial charge in [-0.2, -0.15) is 0 Å². The molecule has 3 aliphatic carbocycles. The van der Waals surface area contributed by atoms with Crippen LogP contribution in [0.4, 0.5) is 5.69 Å². The number of primary amides is 1. The Bertz CT molecular complexity index is 1360. The first-order valence-electron chi connectivity index (χ1n) is 12.7. The van der Waals surface area contributed by atoms with Crippen LogP contribution in [-0.4, -0.2) is 108 Å². The van der Waals surface area contributed by atoms with Gasteiger partial charge in [0.15, 0.2) is 11.4 Å². The van der Waals surface area contributed by atoms with Crippen LogP contribution in [0.25, 0.3) is 11.8 Å². The zero-order valence-corrected chi connectivity index (χ0v) is 23.0. The van der Waals surface area contributed by atoms with Crippen LogP contribution in [0, 0.1) is 11.8 Å². The number of aliphatic hydroxyl groups excluding tert-OH is 2. The third-order valence-electron chi connectivity index (χ3n) is 7.98. The zero-order valence-electron chi connectivity index (χ0n) is 23.0. The van der Waals surface area contributed by atoms with E-state index in [-0.39, 0.29) is 29.7 Å².